The number of ketones is 1. The van der Waals surface area contributed by atoms with E-state index in [2.05, 4.69) is 16.2 Å². The van der Waals surface area contributed by atoms with Gasteiger partial charge < -0.3 is 10.2 Å². The van der Waals surface area contributed by atoms with Gasteiger partial charge in [-0.25, -0.2) is 0 Å². The van der Waals surface area contributed by atoms with Crippen molar-refractivity contribution >= 4 is 29.4 Å². The van der Waals surface area contributed by atoms with Crippen molar-refractivity contribution < 1.29 is 24.0 Å². The van der Waals surface area contributed by atoms with E-state index >= 15 is 0 Å². The van der Waals surface area contributed by atoms with Crippen molar-refractivity contribution in [2.75, 3.05) is 0 Å². The quantitative estimate of drug-likeness (QED) is 0.299. The van der Waals surface area contributed by atoms with Gasteiger partial charge >= 0.3 is 5.91 Å². The Morgan fingerprint density at radius 2 is 1.37 bits per heavy atom. The van der Waals surface area contributed by atoms with E-state index in [0.29, 0.717) is 12.0 Å². The fourth-order valence-corrected chi connectivity index (χ4v) is 4.31. The Hall–Kier alpha value is -4.79. The molecule has 1 aliphatic heterocycles. The Morgan fingerprint density at radius 1 is 0.789 bits per heavy atom. The van der Waals surface area contributed by atoms with Gasteiger partial charge in [-0.1, -0.05) is 78.9 Å². The highest BCUT2D eigenvalue weighted by Gasteiger charge is 2.38. The first-order valence-corrected chi connectivity index (χ1v) is 12.3. The Balaban J connectivity index is 1.45. The molecule has 3 N–H and O–H groups in total. The zero-order valence-corrected chi connectivity index (χ0v) is 20.6. The van der Waals surface area contributed by atoms with E-state index in [1.807, 2.05) is 36.4 Å². The van der Waals surface area contributed by atoms with Crippen molar-refractivity contribution in [2.24, 2.45) is 0 Å². The van der Waals surface area contributed by atoms with Crippen LogP contribution in [0.4, 0.5) is 0 Å². The summed E-state index contributed by atoms with van der Waals surface area (Å²) in [5.41, 5.74) is 6.27. The Kier molecular flexibility index (Phi) is 8.61. The van der Waals surface area contributed by atoms with Gasteiger partial charge in [0.05, 0.1) is 0 Å². The molecule has 0 saturated carbocycles. The van der Waals surface area contributed by atoms with E-state index in [1.165, 1.54) is 4.90 Å². The number of carbonyl (C=O) groups is 5. The third-order valence-electron chi connectivity index (χ3n) is 6.29. The molecule has 3 aromatic carbocycles. The summed E-state index contributed by atoms with van der Waals surface area (Å²) in [6, 6.07) is 24.5. The number of hydrazine groups is 1. The first-order chi connectivity index (χ1) is 18.4. The number of nitrogens with one attached hydrogen (secondary N) is 3. The Bertz CT molecular complexity index is 1300. The molecule has 0 spiro atoms. The molecule has 4 rings (SSSR count). The molecule has 194 valence electrons. The lowest BCUT2D eigenvalue weighted by molar-refractivity contribution is -0.141. The zero-order chi connectivity index (χ0) is 26.9. The van der Waals surface area contributed by atoms with Crippen LogP contribution in [0.2, 0.25) is 0 Å². The highest BCUT2D eigenvalue weighted by Crippen LogP contribution is 2.22. The topological polar surface area (TPSA) is 125 Å². The maximum Gasteiger partial charge on any atom is 0.307 e. The van der Waals surface area contributed by atoms with Gasteiger partial charge in [0.2, 0.25) is 17.6 Å². The summed E-state index contributed by atoms with van der Waals surface area (Å²) in [7, 11) is 0. The van der Waals surface area contributed by atoms with Crippen molar-refractivity contribution in [3.63, 3.8) is 0 Å². The predicted octanol–water partition coefficient (Wildman–Crippen LogP) is 1.94. The molecule has 1 saturated heterocycles. The molecule has 4 amide bonds. The zero-order valence-electron chi connectivity index (χ0n) is 20.6. The van der Waals surface area contributed by atoms with Crippen molar-refractivity contribution in [2.45, 2.75) is 37.9 Å². The van der Waals surface area contributed by atoms with Crippen LogP contribution in [-0.2, 0) is 32.1 Å². The van der Waals surface area contributed by atoms with Crippen molar-refractivity contribution in [3.05, 3.63) is 108 Å². The minimum atomic E-state index is -1.20. The Labute approximate surface area is 220 Å². The lowest BCUT2D eigenvalue weighted by Crippen LogP contribution is -2.55. The lowest BCUT2D eigenvalue weighted by atomic mass is 10.0. The van der Waals surface area contributed by atoms with Gasteiger partial charge in [0.15, 0.2) is 0 Å². The second kappa shape index (κ2) is 12.4. The smallest absolute Gasteiger partial charge is 0.307 e. The first kappa shape index (κ1) is 26.3. The highest BCUT2D eigenvalue weighted by atomic mass is 16.2. The number of likely N-dealkylation sites (tertiary alicyclic amines) is 1. The molecule has 3 aromatic rings. The third kappa shape index (κ3) is 6.70. The van der Waals surface area contributed by atoms with E-state index in [4.69, 9.17) is 0 Å². The Morgan fingerprint density at radius 3 is 2.00 bits per heavy atom. The van der Waals surface area contributed by atoms with E-state index in [0.717, 1.165) is 11.1 Å². The molecular formula is C29H28N4O5. The first-order valence-electron chi connectivity index (χ1n) is 12.3. The van der Waals surface area contributed by atoms with Gasteiger partial charge in [0.25, 0.3) is 5.91 Å². The molecule has 9 heteroatoms. The van der Waals surface area contributed by atoms with E-state index in [-0.39, 0.29) is 25.3 Å². The molecule has 0 aliphatic carbocycles. The van der Waals surface area contributed by atoms with Gasteiger partial charge in [-0.2, -0.15) is 0 Å². The fourth-order valence-electron chi connectivity index (χ4n) is 4.31. The van der Waals surface area contributed by atoms with Crippen LogP contribution >= 0.6 is 0 Å². The number of hydrogen-bond donors (Lipinski definition) is 3. The normalized spacial score (nSPS) is 15.4. The van der Waals surface area contributed by atoms with Crippen LogP contribution in [0, 0.1) is 0 Å². The number of rotatable bonds is 9. The molecule has 1 fully saturated rings. The van der Waals surface area contributed by atoms with Crippen LogP contribution < -0.4 is 16.2 Å². The number of hydrogen-bond acceptors (Lipinski definition) is 5. The molecule has 9 nitrogen and oxygen atoms in total. The summed E-state index contributed by atoms with van der Waals surface area (Å²) in [5, 5.41) is 2.69. The minimum absolute atomic E-state index is 0.0603. The largest absolute Gasteiger partial charge is 0.344 e. The molecule has 1 heterocycles. The van der Waals surface area contributed by atoms with Gasteiger partial charge in [-0.05, 0) is 29.7 Å². The summed E-state index contributed by atoms with van der Waals surface area (Å²) in [4.78, 5) is 65.4. The van der Waals surface area contributed by atoms with Gasteiger partial charge in [0.1, 0.15) is 12.1 Å². The van der Waals surface area contributed by atoms with Crippen LogP contribution in [0.15, 0.2) is 91.0 Å². The molecule has 1 unspecified atom stereocenters. The van der Waals surface area contributed by atoms with Crippen molar-refractivity contribution in [3.8, 4) is 0 Å². The second-order valence-electron chi connectivity index (χ2n) is 8.95. The highest BCUT2D eigenvalue weighted by molar-refractivity contribution is 6.38. The molecule has 0 aromatic heterocycles. The number of carbonyl (C=O) groups excluding carboxylic acids is 5. The monoisotopic (exact) mass is 512 g/mol. The van der Waals surface area contributed by atoms with Gasteiger partial charge in [0, 0.05) is 24.9 Å². The molecule has 0 bridgehead atoms. The summed E-state index contributed by atoms with van der Waals surface area (Å²) in [6.45, 7) is 0.265. The van der Waals surface area contributed by atoms with Crippen molar-refractivity contribution in [1.29, 1.82) is 0 Å². The SMILES string of the molecule is O=C(NNC(=O)c1ccccc1)C(=O)C(Cc1ccccc1)NC(=O)[C@H]1CCC(=O)N1Cc1ccccc1. The molecule has 38 heavy (non-hydrogen) atoms. The van der Waals surface area contributed by atoms with Crippen LogP contribution in [0.1, 0.15) is 34.3 Å². The predicted molar refractivity (Wildman–Crippen MR) is 139 cm³/mol. The van der Waals surface area contributed by atoms with E-state index in [1.54, 1.807) is 54.6 Å². The molecular weight excluding hydrogens is 484 g/mol. The number of nitrogens with zero attached hydrogens (tertiary/aromatic N) is 1. The van der Waals surface area contributed by atoms with Crippen LogP contribution in [0.3, 0.4) is 0 Å². The summed E-state index contributed by atoms with van der Waals surface area (Å²) in [6.07, 6.45) is 0.585. The van der Waals surface area contributed by atoms with E-state index in [9.17, 15) is 24.0 Å². The molecule has 0 radical (unpaired) electrons. The average Bonchev–Trinajstić information content (AvgIpc) is 3.32. The average molecular weight is 513 g/mol. The second-order valence-corrected chi connectivity index (χ2v) is 8.95. The molecule has 2 atom stereocenters. The fraction of sp³-hybridized carbons (Fsp3) is 0.207. The summed E-state index contributed by atoms with van der Waals surface area (Å²) < 4.78 is 0. The molecule has 1 aliphatic rings. The summed E-state index contributed by atoms with van der Waals surface area (Å²) >= 11 is 0. The standard InChI is InChI=1S/C29H28N4O5/c34-25-17-16-24(33(25)19-21-12-6-2-7-13-21)28(37)30-23(18-20-10-4-1-5-11-20)26(35)29(38)32-31-27(36)22-14-8-3-9-15-22/h1-15,23-24H,16-19H2,(H,30,37)(H,31,36)(H,32,38)/t23?,24-/m1/s1. The van der Waals surface area contributed by atoms with Crippen LogP contribution in [0.25, 0.3) is 0 Å². The van der Waals surface area contributed by atoms with Gasteiger partial charge in [-0.15, -0.1) is 0 Å². The maximum atomic E-state index is 13.3. The number of amides is 4. The number of Topliss-reactive ketones (excluding diaryl/α,β-unsaturated/α-hetero) is 1. The third-order valence-corrected chi connectivity index (χ3v) is 6.29. The van der Waals surface area contributed by atoms with Crippen LogP contribution in [0.5, 0.6) is 0 Å². The van der Waals surface area contributed by atoms with E-state index < -0.39 is 35.6 Å². The summed E-state index contributed by atoms with van der Waals surface area (Å²) in [5.74, 6) is -3.24. The number of benzene rings is 3. The van der Waals surface area contributed by atoms with Crippen molar-refractivity contribution in [1.82, 2.24) is 21.1 Å². The maximum absolute atomic E-state index is 13.3. The minimum Gasteiger partial charge on any atom is -0.344 e. The lowest BCUT2D eigenvalue weighted by Gasteiger charge is -2.26. The van der Waals surface area contributed by atoms with Gasteiger partial charge in [-0.3, -0.25) is 34.8 Å². The van der Waals surface area contributed by atoms with Crippen LogP contribution in [-0.4, -0.2) is 46.4 Å².